The molecule has 0 saturated carbocycles. The van der Waals surface area contributed by atoms with Gasteiger partial charge in [0.25, 0.3) is 0 Å². The van der Waals surface area contributed by atoms with Crippen LogP contribution in [0, 0.1) is 34.0 Å². The number of nitrogens with zero attached hydrogens (tertiary/aromatic N) is 5. The zero-order chi connectivity index (χ0) is 33.8. The topological polar surface area (TPSA) is 81.2 Å². The molecule has 0 aliphatic rings. The van der Waals surface area contributed by atoms with Crippen molar-refractivity contribution in [1.82, 2.24) is 9.13 Å². The molecule has 0 N–H and O–H groups in total. The highest BCUT2D eigenvalue weighted by Gasteiger charge is 2.19. The van der Waals surface area contributed by atoms with Crippen LogP contribution in [0.3, 0.4) is 0 Å². The molecular weight excluding hydrogens is 611 g/mol. The molecule has 5 heteroatoms. The predicted molar refractivity (Wildman–Crippen MR) is 200 cm³/mol. The summed E-state index contributed by atoms with van der Waals surface area (Å²) in [4.78, 5) is 0. The zero-order valence-corrected chi connectivity index (χ0v) is 26.7. The quantitative estimate of drug-likeness (QED) is 0.193. The molecule has 0 atom stereocenters. The fraction of sp³-hybridized carbons (Fsp3) is 0. The smallest absolute Gasteiger partial charge is 0.0998 e. The minimum absolute atomic E-state index is 0.581. The van der Waals surface area contributed by atoms with Gasteiger partial charge in [0, 0.05) is 32.8 Å². The molecule has 0 radical (unpaired) electrons. The first-order valence-corrected chi connectivity index (χ1v) is 16.3. The number of nitriles is 3. The molecule has 50 heavy (non-hydrogen) atoms. The van der Waals surface area contributed by atoms with Gasteiger partial charge in [0.05, 0.1) is 62.7 Å². The second-order valence-electron chi connectivity index (χ2n) is 12.3. The van der Waals surface area contributed by atoms with Crippen LogP contribution in [0.25, 0.3) is 77.2 Å². The van der Waals surface area contributed by atoms with Crippen molar-refractivity contribution in [3.63, 3.8) is 0 Å². The molecule has 0 bridgehead atoms. The van der Waals surface area contributed by atoms with Gasteiger partial charge in [-0.25, -0.2) is 0 Å². The van der Waals surface area contributed by atoms with E-state index in [9.17, 15) is 15.8 Å². The van der Waals surface area contributed by atoms with Gasteiger partial charge in [0.2, 0.25) is 0 Å². The first kappa shape index (κ1) is 28.8. The maximum atomic E-state index is 10.4. The van der Waals surface area contributed by atoms with E-state index in [0.29, 0.717) is 16.7 Å². The van der Waals surface area contributed by atoms with E-state index in [-0.39, 0.29) is 0 Å². The minimum Gasteiger partial charge on any atom is -0.309 e. The number of hydrogen-bond donors (Lipinski definition) is 0. The van der Waals surface area contributed by atoms with E-state index in [1.54, 1.807) is 0 Å². The number of fused-ring (bicyclic) bond motifs is 6. The highest BCUT2D eigenvalue weighted by atomic mass is 15.0. The molecule has 0 aliphatic carbocycles. The molecule has 0 spiro atoms. The van der Waals surface area contributed by atoms with E-state index in [0.717, 1.165) is 77.2 Å². The Morgan fingerprint density at radius 2 is 1.04 bits per heavy atom. The molecule has 9 rings (SSSR count). The van der Waals surface area contributed by atoms with Crippen molar-refractivity contribution >= 4 is 43.6 Å². The lowest BCUT2D eigenvalue weighted by atomic mass is 9.94. The Morgan fingerprint density at radius 3 is 1.82 bits per heavy atom. The van der Waals surface area contributed by atoms with Crippen LogP contribution < -0.4 is 0 Å². The first-order chi connectivity index (χ1) is 24.7. The van der Waals surface area contributed by atoms with Crippen LogP contribution >= 0.6 is 0 Å². The standard InChI is InChI=1S/C45H25N5/c46-26-29-18-23-41-38(24-29)36-12-1-3-14-39(36)50(41)42-16-6-10-33(27-47)44(42)32-9-5-8-31(25-32)30-19-21-35(22-20-30)49-40-15-4-2-13-37(40)45-34(28-48)11-7-17-43(45)49/h1-25H. The van der Waals surface area contributed by atoms with Crippen molar-refractivity contribution in [2.75, 3.05) is 0 Å². The summed E-state index contributed by atoms with van der Waals surface area (Å²) in [5.41, 5.74) is 11.6. The van der Waals surface area contributed by atoms with Gasteiger partial charge >= 0.3 is 0 Å². The average molecular weight is 636 g/mol. The van der Waals surface area contributed by atoms with Gasteiger partial charge in [-0.3, -0.25) is 0 Å². The SMILES string of the molecule is N#Cc1ccc2c(c1)c1ccccc1n2-c1cccc(C#N)c1-c1cccc(-c2ccc(-n3c4ccccc4c4c(C#N)cccc43)cc2)c1. The fourth-order valence-electron chi connectivity index (χ4n) is 7.47. The van der Waals surface area contributed by atoms with Crippen LogP contribution in [0.15, 0.2) is 152 Å². The van der Waals surface area contributed by atoms with Crippen LogP contribution in [0.2, 0.25) is 0 Å². The minimum atomic E-state index is 0.581. The van der Waals surface area contributed by atoms with Gasteiger partial charge in [-0.05, 0) is 89.5 Å². The van der Waals surface area contributed by atoms with Gasteiger partial charge in [0.1, 0.15) is 0 Å². The average Bonchev–Trinajstić information content (AvgIpc) is 3.70. The monoisotopic (exact) mass is 635 g/mol. The third kappa shape index (κ3) is 4.31. The summed E-state index contributed by atoms with van der Waals surface area (Å²) in [6, 6.07) is 57.8. The second-order valence-corrected chi connectivity index (χ2v) is 12.3. The van der Waals surface area contributed by atoms with Crippen LogP contribution in [-0.4, -0.2) is 9.13 Å². The van der Waals surface area contributed by atoms with E-state index in [4.69, 9.17) is 0 Å². The Balaban J connectivity index is 1.19. The van der Waals surface area contributed by atoms with Crippen molar-refractivity contribution in [2.45, 2.75) is 0 Å². The maximum absolute atomic E-state index is 10.4. The van der Waals surface area contributed by atoms with E-state index < -0.39 is 0 Å². The summed E-state index contributed by atoms with van der Waals surface area (Å²) in [5.74, 6) is 0. The summed E-state index contributed by atoms with van der Waals surface area (Å²) in [7, 11) is 0. The van der Waals surface area contributed by atoms with Gasteiger partial charge in [-0.1, -0.05) is 78.9 Å². The second kappa shape index (κ2) is 11.4. The van der Waals surface area contributed by atoms with Crippen molar-refractivity contribution < 1.29 is 0 Å². The molecule has 0 aliphatic heterocycles. The number of benzene rings is 7. The van der Waals surface area contributed by atoms with E-state index in [2.05, 4.69) is 106 Å². The molecule has 2 heterocycles. The van der Waals surface area contributed by atoms with E-state index in [1.165, 1.54) is 0 Å². The summed E-state index contributed by atoms with van der Waals surface area (Å²) < 4.78 is 4.42. The van der Waals surface area contributed by atoms with Crippen LogP contribution in [0.4, 0.5) is 0 Å². The lowest BCUT2D eigenvalue weighted by Gasteiger charge is -2.16. The third-order valence-electron chi connectivity index (χ3n) is 9.63. The van der Waals surface area contributed by atoms with E-state index in [1.807, 2.05) is 72.8 Å². The molecule has 9 aromatic rings. The van der Waals surface area contributed by atoms with E-state index >= 15 is 0 Å². The highest BCUT2D eigenvalue weighted by molar-refractivity contribution is 6.12. The molecule has 2 aromatic heterocycles. The summed E-state index contributed by atoms with van der Waals surface area (Å²) in [5, 5.41) is 33.9. The largest absolute Gasteiger partial charge is 0.309 e. The number of aromatic nitrogens is 2. The maximum Gasteiger partial charge on any atom is 0.0998 e. The molecule has 7 aromatic carbocycles. The molecule has 5 nitrogen and oxygen atoms in total. The van der Waals surface area contributed by atoms with Crippen molar-refractivity contribution in [1.29, 1.82) is 15.8 Å². The van der Waals surface area contributed by atoms with Crippen molar-refractivity contribution in [3.8, 4) is 51.8 Å². The first-order valence-electron chi connectivity index (χ1n) is 16.3. The van der Waals surface area contributed by atoms with Gasteiger partial charge in [-0.15, -0.1) is 0 Å². The number of hydrogen-bond acceptors (Lipinski definition) is 3. The number of rotatable bonds is 4. The predicted octanol–water partition coefficient (Wildman–Crippen LogP) is 10.8. The van der Waals surface area contributed by atoms with Crippen LogP contribution in [0.1, 0.15) is 16.7 Å². The Hall–Kier alpha value is -7.39. The lowest BCUT2D eigenvalue weighted by Crippen LogP contribution is -1.99. The molecule has 0 saturated heterocycles. The molecule has 230 valence electrons. The summed E-state index contributed by atoms with van der Waals surface area (Å²) >= 11 is 0. The Morgan fingerprint density at radius 1 is 0.400 bits per heavy atom. The van der Waals surface area contributed by atoms with Crippen LogP contribution in [-0.2, 0) is 0 Å². The van der Waals surface area contributed by atoms with Gasteiger partial charge in [0.15, 0.2) is 0 Å². The van der Waals surface area contributed by atoms with Gasteiger partial charge < -0.3 is 9.13 Å². The summed E-state index contributed by atoms with van der Waals surface area (Å²) in [6.45, 7) is 0. The summed E-state index contributed by atoms with van der Waals surface area (Å²) in [6.07, 6.45) is 0. The zero-order valence-electron chi connectivity index (χ0n) is 26.7. The van der Waals surface area contributed by atoms with Crippen molar-refractivity contribution in [3.05, 3.63) is 168 Å². The fourth-order valence-corrected chi connectivity index (χ4v) is 7.47. The number of para-hydroxylation sites is 2. The normalized spacial score (nSPS) is 11.1. The molecule has 0 unspecified atom stereocenters. The Bertz CT molecular complexity index is 2960. The molecular formula is C45H25N5. The lowest BCUT2D eigenvalue weighted by molar-refractivity contribution is 1.18. The Labute approximate surface area is 287 Å². The van der Waals surface area contributed by atoms with Crippen molar-refractivity contribution in [2.24, 2.45) is 0 Å². The molecule has 0 fully saturated rings. The van der Waals surface area contributed by atoms with Gasteiger partial charge in [-0.2, -0.15) is 15.8 Å². The Kier molecular flexibility index (Phi) is 6.56. The van der Waals surface area contributed by atoms with Crippen LogP contribution in [0.5, 0.6) is 0 Å². The molecule has 0 amide bonds. The third-order valence-corrected chi connectivity index (χ3v) is 9.63. The highest BCUT2D eigenvalue weighted by Crippen LogP contribution is 2.39.